The minimum atomic E-state index is -4.98. The molecule has 0 saturated carbocycles. The molecular formula is C26H28F6N6O2. The molecule has 1 atom stereocenters. The lowest BCUT2D eigenvalue weighted by atomic mass is 10.0. The van der Waals surface area contributed by atoms with Crippen LogP contribution in [0.4, 0.5) is 37.1 Å². The Morgan fingerprint density at radius 2 is 1.57 bits per heavy atom. The molecule has 4 rings (SSSR count). The predicted molar refractivity (Wildman–Crippen MR) is 133 cm³/mol. The van der Waals surface area contributed by atoms with Crippen molar-refractivity contribution >= 4 is 12.0 Å². The molecule has 1 aromatic carbocycles. The summed E-state index contributed by atoms with van der Waals surface area (Å²) >= 11 is 0. The van der Waals surface area contributed by atoms with E-state index in [1.165, 1.54) is 22.2 Å². The van der Waals surface area contributed by atoms with Gasteiger partial charge in [-0.15, -0.1) is 0 Å². The number of nitrogens with zero attached hydrogens (tertiary/aromatic N) is 6. The summed E-state index contributed by atoms with van der Waals surface area (Å²) in [5.74, 6) is 0.0923. The lowest BCUT2D eigenvalue weighted by Crippen LogP contribution is -2.41. The highest BCUT2D eigenvalue weighted by Crippen LogP contribution is 2.37. The molecule has 1 amide bonds. The average molecular weight is 571 g/mol. The summed E-state index contributed by atoms with van der Waals surface area (Å²) in [7, 11) is 1.74. The second kappa shape index (κ2) is 10.6. The maximum atomic E-state index is 13.5. The number of anilines is 1. The smallest absolute Gasteiger partial charge is 0.416 e. The number of halogens is 6. The minimum Gasteiger partial charge on any atom is -0.444 e. The Morgan fingerprint density at radius 3 is 2.08 bits per heavy atom. The number of amides is 1. The van der Waals surface area contributed by atoms with Crippen LogP contribution >= 0.6 is 0 Å². The molecule has 8 nitrogen and oxygen atoms in total. The normalized spacial score (nSPS) is 16.4. The number of alkyl halides is 6. The highest BCUT2D eigenvalue weighted by Gasteiger charge is 2.38. The second-order valence-electron chi connectivity index (χ2n) is 10.6. The zero-order valence-corrected chi connectivity index (χ0v) is 22.2. The van der Waals surface area contributed by atoms with Gasteiger partial charge < -0.3 is 14.5 Å². The molecule has 0 N–H and O–H groups in total. The molecule has 1 unspecified atom stereocenters. The Bertz CT molecular complexity index is 1320. The van der Waals surface area contributed by atoms with E-state index in [0.717, 1.165) is 5.56 Å². The number of aromatic nitrogens is 4. The molecule has 1 fully saturated rings. The van der Waals surface area contributed by atoms with Crippen LogP contribution in [0.1, 0.15) is 43.9 Å². The van der Waals surface area contributed by atoms with Crippen LogP contribution in [0.3, 0.4) is 0 Å². The van der Waals surface area contributed by atoms with Gasteiger partial charge in [0.05, 0.1) is 23.4 Å². The van der Waals surface area contributed by atoms with Crippen molar-refractivity contribution in [2.45, 2.75) is 57.7 Å². The summed E-state index contributed by atoms with van der Waals surface area (Å²) in [5, 5.41) is 4.09. The van der Waals surface area contributed by atoms with Gasteiger partial charge in [0.15, 0.2) is 0 Å². The Balaban J connectivity index is 1.69. The molecule has 2 aromatic heterocycles. The second-order valence-corrected chi connectivity index (χ2v) is 10.6. The third-order valence-electron chi connectivity index (χ3n) is 6.19. The fourth-order valence-corrected chi connectivity index (χ4v) is 4.35. The molecule has 40 heavy (non-hydrogen) atoms. The van der Waals surface area contributed by atoms with Gasteiger partial charge in [0.1, 0.15) is 5.60 Å². The Morgan fingerprint density at radius 1 is 0.975 bits per heavy atom. The summed E-state index contributed by atoms with van der Waals surface area (Å²) in [6.45, 7) is 5.19. The number of aryl methyl sites for hydroxylation is 1. The van der Waals surface area contributed by atoms with Crippen LogP contribution in [0.25, 0.3) is 11.1 Å². The van der Waals surface area contributed by atoms with Gasteiger partial charge in [0.25, 0.3) is 0 Å². The van der Waals surface area contributed by atoms with Crippen LogP contribution in [0.5, 0.6) is 0 Å². The molecule has 14 heteroatoms. The first-order chi connectivity index (χ1) is 18.5. The van der Waals surface area contributed by atoms with E-state index in [2.05, 4.69) is 15.1 Å². The quantitative estimate of drug-likeness (QED) is 0.354. The molecule has 3 aromatic rings. The van der Waals surface area contributed by atoms with Crippen molar-refractivity contribution in [3.05, 3.63) is 59.7 Å². The summed E-state index contributed by atoms with van der Waals surface area (Å²) in [5.41, 5.74) is -2.44. The monoisotopic (exact) mass is 570 g/mol. The van der Waals surface area contributed by atoms with Gasteiger partial charge in [0.2, 0.25) is 5.95 Å². The summed E-state index contributed by atoms with van der Waals surface area (Å²) in [6, 6.07) is 0.965. The van der Waals surface area contributed by atoms with Crippen LogP contribution in [-0.2, 0) is 30.7 Å². The van der Waals surface area contributed by atoms with Crippen LogP contribution in [-0.4, -0.2) is 55.5 Å². The number of carbonyl (C=O) groups excluding carboxylic acids is 1. The number of benzene rings is 1. The molecule has 3 heterocycles. The highest BCUT2D eigenvalue weighted by atomic mass is 19.4. The van der Waals surface area contributed by atoms with Crippen molar-refractivity contribution in [2.75, 3.05) is 18.0 Å². The number of rotatable bonds is 5. The fourth-order valence-electron chi connectivity index (χ4n) is 4.35. The Kier molecular flexibility index (Phi) is 7.74. The molecule has 0 bridgehead atoms. The number of hydrogen-bond acceptors (Lipinski definition) is 6. The summed E-state index contributed by atoms with van der Waals surface area (Å²) in [4.78, 5) is 24.4. The van der Waals surface area contributed by atoms with Crippen molar-refractivity contribution in [2.24, 2.45) is 7.05 Å². The van der Waals surface area contributed by atoms with Crippen LogP contribution < -0.4 is 4.90 Å². The first-order valence-corrected chi connectivity index (χ1v) is 12.3. The summed E-state index contributed by atoms with van der Waals surface area (Å²) in [6.07, 6.45) is -3.81. The topological polar surface area (TPSA) is 76.4 Å². The molecule has 0 aliphatic carbocycles. The molecule has 1 saturated heterocycles. The first-order valence-electron chi connectivity index (χ1n) is 12.3. The van der Waals surface area contributed by atoms with Crippen LogP contribution in [0.2, 0.25) is 0 Å². The number of likely N-dealkylation sites (tertiary alicyclic amines) is 1. The van der Waals surface area contributed by atoms with E-state index in [9.17, 15) is 31.1 Å². The van der Waals surface area contributed by atoms with E-state index in [4.69, 9.17) is 4.74 Å². The molecular weight excluding hydrogens is 542 g/mol. The molecule has 1 aliphatic rings. The molecule has 0 spiro atoms. The average Bonchev–Trinajstić information content (AvgIpc) is 3.50. The van der Waals surface area contributed by atoms with Gasteiger partial charge >= 0.3 is 18.4 Å². The SMILES string of the molecule is Cn1cc(-c2cnc(N(Cc3cc(C(F)(F)F)cc(C(F)(F)F)c3)C3CCN(C(=O)OC(C)(C)C)C3)nc2)cn1. The third kappa shape index (κ3) is 7.02. The van der Waals surface area contributed by atoms with Crippen molar-refractivity contribution in [3.8, 4) is 11.1 Å². The Labute approximate surface area is 226 Å². The standard InChI is InChI=1S/C26H28F6N6O2/c1-24(2,3)40-23(39)37-6-5-21(15-37)38(22-33-10-17(11-34-22)18-12-35-36(4)14-18)13-16-7-19(25(27,28)29)9-20(8-16)26(30,31)32/h7-12,14,21H,5-6,13,15H2,1-4H3. The zero-order chi connectivity index (χ0) is 29.5. The maximum absolute atomic E-state index is 13.5. The lowest BCUT2D eigenvalue weighted by molar-refractivity contribution is -0.143. The number of hydrogen-bond donors (Lipinski definition) is 0. The van der Waals surface area contributed by atoms with Crippen LogP contribution in [0, 0.1) is 0 Å². The first kappa shape index (κ1) is 29.2. The van der Waals surface area contributed by atoms with Gasteiger partial charge in [-0.05, 0) is 51.0 Å². The molecule has 216 valence electrons. The van der Waals surface area contributed by atoms with E-state index >= 15 is 0 Å². The van der Waals surface area contributed by atoms with Gasteiger partial charge in [-0.1, -0.05) is 0 Å². The lowest BCUT2D eigenvalue weighted by Gasteiger charge is -2.30. The molecule has 0 radical (unpaired) electrons. The van der Waals surface area contributed by atoms with Gasteiger partial charge in [0, 0.05) is 56.4 Å². The maximum Gasteiger partial charge on any atom is 0.416 e. The number of ether oxygens (including phenoxy) is 1. The van der Waals surface area contributed by atoms with E-state index in [0.29, 0.717) is 24.1 Å². The predicted octanol–water partition coefficient (Wildman–Crippen LogP) is 5.93. The number of carbonyl (C=O) groups is 1. The molecule has 1 aliphatic heterocycles. The largest absolute Gasteiger partial charge is 0.444 e. The third-order valence-corrected chi connectivity index (χ3v) is 6.19. The van der Waals surface area contributed by atoms with E-state index < -0.39 is 41.2 Å². The van der Waals surface area contributed by atoms with E-state index in [1.807, 2.05) is 0 Å². The zero-order valence-electron chi connectivity index (χ0n) is 22.2. The van der Waals surface area contributed by atoms with E-state index in [-0.39, 0.29) is 37.2 Å². The van der Waals surface area contributed by atoms with Crippen molar-refractivity contribution in [1.82, 2.24) is 24.6 Å². The minimum absolute atomic E-state index is 0.0901. The van der Waals surface area contributed by atoms with Gasteiger partial charge in [-0.3, -0.25) is 4.68 Å². The summed E-state index contributed by atoms with van der Waals surface area (Å²) < 4.78 is 88.1. The van der Waals surface area contributed by atoms with Crippen molar-refractivity contribution < 1.29 is 35.9 Å². The van der Waals surface area contributed by atoms with E-state index in [1.54, 1.807) is 44.9 Å². The van der Waals surface area contributed by atoms with Gasteiger partial charge in [-0.25, -0.2) is 14.8 Å². The fraction of sp³-hybridized carbons (Fsp3) is 0.462. The van der Waals surface area contributed by atoms with Gasteiger partial charge in [-0.2, -0.15) is 31.4 Å². The van der Waals surface area contributed by atoms with Crippen molar-refractivity contribution in [3.63, 3.8) is 0 Å². The Hall–Kier alpha value is -3.84. The highest BCUT2D eigenvalue weighted by molar-refractivity contribution is 5.68. The van der Waals surface area contributed by atoms with Crippen LogP contribution in [0.15, 0.2) is 43.0 Å². The van der Waals surface area contributed by atoms with Crippen molar-refractivity contribution in [1.29, 1.82) is 0 Å².